The summed E-state index contributed by atoms with van der Waals surface area (Å²) < 4.78 is 29.6. The summed E-state index contributed by atoms with van der Waals surface area (Å²) in [4.78, 5) is 8.55. The minimum absolute atomic E-state index is 0.231. The van der Waals surface area contributed by atoms with Crippen LogP contribution in [0, 0.1) is 10.5 Å². The van der Waals surface area contributed by atoms with Gasteiger partial charge in [0, 0.05) is 28.9 Å². The summed E-state index contributed by atoms with van der Waals surface area (Å²) >= 11 is 2.13. The van der Waals surface area contributed by atoms with E-state index in [2.05, 4.69) is 47.7 Å². The molecule has 3 aromatic rings. The second-order valence-electron chi connectivity index (χ2n) is 5.44. The van der Waals surface area contributed by atoms with E-state index in [4.69, 9.17) is 0 Å². The van der Waals surface area contributed by atoms with Crippen LogP contribution in [0.1, 0.15) is 5.69 Å². The first-order chi connectivity index (χ1) is 12.4. The topological polar surface area (TPSA) is 102 Å². The van der Waals surface area contributed by atoms with Gasteiger partial charge in [0.2, 0.25) is 10.0 Å². The van der Waals surface area contributed by atoms with Crippen LogP contribution in [0.25, 0.3) is 5.82 Å². The van der Waals surface area contributed by atoms with E-state index in [1.165, 1.54) is 6.33 Å². The molecule has 0 amide bonds. The molecule has 0 spiro atoms. The zero-order valence-corrected chi connectivity index (χ0v) is 16.9. The van der Waals surface area contributed by atoms with Gasteiger partial charge in [-0.25, -0.2) is 27.8 Å². The Morgan fingerprint density at radius 1 is 1.12 bits per heavy atom. The highest BCUT2D eigenvalue weighted by molar-refractivity contribution is 14.1. The van der Waals surface area contributed by atoms with Crippen molar-refractivity contribution >= 4 is 38.4 Å². The second kappa shape index (κ2) is 8.10. The molecule has 0 fully saturated rings. The van der Waals surface area contributed by atoms with Crippen molar-refractivity contribution in [1.82, 2.24) is 24.5 Å². The van der Waals surface area contributed by atoms with E-state index >= 15 is 0 Å². The van der Waals surface area contributed by atoms with Gasteiger partial charge in [-0.3, -0.25) is 0 Å². The maximum atomic E-state index is 12.2. The van der Waals surface area contributed by atoms with Crippen LogP contribution in [-0.4, -0.2) is 41.3 Å². The normalized spacial score (nSPS) is 11.5. The van der Waals surface area contributed by atoms with Gasteiger partial charge in [0.1, 0.15) is 12.1 Å². The summed E-state index contributed by atoms with van der Waals surface area (Å²) in [7, 11) is -3.52. The van der Waals surface area contributed by atoms with Crippen molar-refractivity contribution in [2.75, 3.05) is 18.4 Å². The van der Waals surface area contributed by atoms with E-state index in [0.29, 0.717) is 18.2 Å². The van der Waals surface area contributed by atoms with Gasteiger partial charge < -0.3 is 5.32 Å². The first-order valence-electron chi connectivity index (χ1n) is 7.78. The molecule has 2 heterocycles. The number of rotatable bonds is 7. The van der Waals surface area contributed by atoms with Crippen molar-refractivity contribution in [3.05, 3.63) is 58.2 Å². The largest absolute Gasteiger partial charge is 0.369 e. The number of hydrogen-bond acceptors (Lipinski definition) is 6. The van der Waals surface area contributed by atoms with E-state index in [1.54, 1.807) is 35.0 Å². The highest BCUT2D eigenvalue weighted by Gasteiger charge is 2.12. The van der Waals surface area contributed by atoms with Crippen LogP contribution in [0.15, 0.2) is 53.8 Å². The number of aryl methyl sites for hydroxylation is 1. The lowest BCUT2D eigenvalue weighted by atomic mass is 10.4. The van der Waals surface area contributed by atoms with E-state index in [9.17, 15) is 8.42 Å². The van der Waals surface area contributed by atoms with Crippen LogP contribution < -0.4 is 10.0 Å². The third-order valence-corrected chi connectivity index (χ3v) is 5.65. The van der Waals surface area contributed by atoms with E-state index in [-0.39, 0.29) is 11.4 Å². The maximum Gasteiger partial charge on any atom is 0.240 e. The number of aromatic nitrogens is 4. The average Bonchev–Trinajstić information content (AvgIpc) is 3.06. The van der Waals surface area contributed by atoms with Crippen molar-refractivity contribution in [2.45, 2.75) is 11.8 Å². The van der Waals surface area contributed by atoms with Crippen molar-refractivity contribution in [2.24, 2.45) is 0 Å². The van der Waals surface area contributed by atoms with Crippen LogP contribution >= 0.6 is 22.6 Å². The van der Waals surface area contributed by atoms with Crippen molar-refractivity contribution in [3.63, 3.8) is 0 Å². The second-order valence-corrected chi connectivity index (χ2v) is 8.45. The number of nitrogens with zero attached hydrogens (tertiary/aromatic N) is 4. The van der Waals surface area contributed by atoms with Gasteiger partial charge >= 0.3 is 0 Å². The fourth-order valence-electron chi connectivity index (χ4n) is 2.18. The third kappa shape index (κ3) is 4.77. The van der Waals surface area contributed by atoms with Crippen LogP contribution in [-0.2, 0) is 10.0 Å². The number of hydrogen-bond donors (Lipinski definition) is 2. The molecule has 26 heavy (non-hydrogen) atoms. The Labute approximate surface area is 165 Å². The molecule has 0 radical (unpaired) electrons. The SMILES string of the molecule is Cc1ccn(-c2cc(NCCNS(=O)(=O)c3ccc(I)cc3)ncn2)n1. The first kappa shape index (κ1) is 18.7. The number of anilines is 1. The van der Waals surface area contributed by atoms with Crippen LogP contribution in [0.3, 0.4) is 0 Å². The molecular weight excluding hydrogens is 467 g/mol. The predicted octanol–water partition coefficient (Wildman–Crippen LogP) is 1.97. The molecule has 0 atom stereocenters. The average molecular weight is 484 g/mol. The van der Waals surface area contributed by atoms with Gasteiger partial charge in [-0.2, -0.15) is 5.10 Å². The van der Waals surface area contributed by atoms with Crippen molar-refractivity contribution in [1.29, 1.82) is 0 Å². The van der Waals surface area contributed by atoms with E-state index in [1.807, 2.05) is 19.2 Å². The molecule has 136 valence electrons. The van der Waals surface area contributed by atoms with Crippen molar-refractivity contribution < 1.29 is 8.42 Å². The summed E-state index contributed by atoms with van der Waals surface area (Å²) in [5.74, 6) is 1.23. The first-order valence-corrected chi connectivity index (χ1v) is 10.3. The molecule has 0 saturated carbocycles. The highest BCUT2D eigenvalue weighted by atomic mass is 127. The number of benzene rings is 1. The lowest BCUT2D eigenvalue weighted by Crippen LogP contribution is -2.29. The minimum Gasteiger partial charge on any atom is -0.369 e. The number of sulfonamides is 1. The van der Waals surface area contributed by atoms with Gasteiger partial charge in [-0.05, 0) is 59.8 Å². The Morgan fingerprint density at radius 3 is 2.58 bits per heavy atom. The standard InChI is InChI=1S/C16H17IN6O2S/c1-12-6-9-23(22-12)16-10-15(19-11-20-16)18-7-8-21-26(24,25)14-4-2-13(17)3-5-14/h2-6,9-11,21H,7-8H2,1H3,(H,18,19,20). The molecule has 0 aliphatic carbocycles. The summed E-state index contributed by atoms with van der Waals surface area (Å²) in [6.45, 7) is 2.52. The Morgan fingerprint density at radius 2 is 1.88 bits per heavy atom. The molecular formula is C16H17IN6O2S. The number of nitrogens with one attached hydrogen (secondary N) is 2. The Balaban J connectivity index is 1.56. The quantitative estimate of drug-likeness (QED) is 0.393. The Kier molecular flexibility index (Phi) is 5.84. The smallest absolute Gasteiger partial charge is 0.240 e. The molecule has 3 rings (SSSR count). The van der Waals surface area contributed by atoms with Gasteiger partial charge in [0.25, 0.3) is 0 Å². The van der Waals surface area contributed by atoms with Gasteiger partial charge in [0.05, 0.1) is 10.6 Å². The monoisotopic (exact) mass is 484 g/mol. The molecule has 0 bridgehead atoms. The molecule has 10 heteroatoms. The third-order valence-electron chi connectivity index (χ3n) is 3.46. The molecule has 0 unspecified atom stereocenters. The molecule has 0 aliphatic heterocycles. The molecule has 0 saturated heterocycles. The zero-order chi connectivity index (χ0) is 18.6. The highest BCUT2D eigenvalue weighted by Crippen LogP contribution is 2.12. The van der Waals surface area contributed by atoms with E-state index in [0.717, 1.165) is 9.26 Å². The van der Waals surface area contributed by atoms with Crippen molar-refractivity contribution in [3.8, 4) is 5.82 Å². The fraction of sp³-hybridized carbons (Fsp3) is 0.188. The predicted molar refractivity (Wildman–Crippen MR) is 107 cm³/mol. The van der Waals surface area contributed by atoms with Crippen LogP contribution in [0.4, 0.5) is 5.82 Å². The lowest BCUT2D eigenvalue weighted by molar-refractivity contribution is 0.583. The summed E-state index contributed by atoms with van der Waals surface area (Å²) in [6, 6.07) is 10.3. The maximum absolute atomic E-state index is 12.2. The van der Waals surface area contributed by atoms with Gasteiger partial charge in [0.15, 0.2) is 5.82 Å². The lowest BCUT2D eigenvalue weighted by Gasteiger charge is -2.09. The Bertz CT molecular complexity index is 988. The summed E-state index contributed by atoms with van der Waals surface area (Å²) in [5.41, 5.74) is 0.892. The van der Waals surface area contributed by atoms with Gasteiger partial charge in [-0.15, -0.1) is 0 Å². The summed E-state index contributed by atoms with van der Waals surface area (Å²) in [5, 5.41) is 7.37. The fourth-order valence-corrected chi connectivity index (χ4v) is 3.58. The van der Waals surface area contributed by atoms with Crippen LogP contribution in [0.2, 0.25) is 0 Å². The van der Waals surface area contributed by atoms with E-state index < -0.39 is 10.0 Å². The Hall–Kier alpha value is -2.05. The molecule has 1 aromatic carbocycles. The zero-order valence-electron chi connectivity index (χ0n) is 13.9. The molecule has 2 N–H and O–H groups in total. The number of halogens is 1. The summed E-state index contributed by atoms with van der Waals surface area (Å²) in [6.07, 6.45) is 3.25. The molecule has 8 nitrogen and oxygen atoms in total. The van der Waals surface area contributed by atoms with Gasteiger partial charge in [-0.1, -0.05) is 0 Å². The minimum atomic E-state index is -3.52. The molecule has 0 aliphatic rings. The van der Waals surface area contributed by atoms with Crippen LogP contribution in [0.5, 0.6) is 0 Å². The molecule has 2 aromatic heterocycles.